The molecule has 128 valence electrons. The van der Waals surface area contributed by atoms with Crippen molar-refractivity contribution < 1.29 is 9.53 Å². The lowest BCUT2D eigenvalue weighted by Crippen LogP contribution is -2.43. The minimum Gasteiger partial charge on any atom is -0.369 e. The minimum absolute atomic E-state index is 0.111. The van der Waals surface area contributed by atoms with Gasteiger partial charge in [0.05, 0.1) is 10.7 Å². The number of ether oxygens (including phenoxy) is 1. The number of piperidine rings is 1. The van der Waals surface area contributed by atoms with Gasteiger partial charge in [-0.2, -0.15) is 0 Å². The molecule has 24 heavy (non-hydrogen) atoms. The fourth-order valence-corrected chi connectivity index (χ4v) is 4.14. The predicted octanol–water partition coefficient (Wildman–Crippen LogP) is 3.94. The van der Waals surface area contributed by atoms with E-state index in [1.807, 2.05) is 36.9 Å². The summed E-state index contributed by atoms with van der Waals surface area (Å²) in [7, 11) is 0. The second kappa shape index (κ2) is 7.90. The summed E-state index contributed by atoms with van der Waals surface area (Å²) in [6, 6.07) is 10.3. The Balaban J connectivity index is 1.59. The van der Waals surface area contributed by atoms with Crippen molar-refractivity contribution in [3.05, 3.63) is 40.7 Å². The lowest BCUT2D eigenvalue weighted by molar-refractivity contribution is -0.143. The molecule has 3 rings (SSSR count). The van der Waals surface area contributed by atoms with Gasteiger partial charge >= 0.3 is 0 Å². The molecule has 1 fully saturated rings. The Kier molecular flexibility index (Phi) is 5.63. The molecule has 2 aromatic rings. The third-order valence-corrected chi connectivity index (χ3v) is 5.52. The van der Waals surface area contributed by atoms with Crippen LogP contribution >= 0.6 is 11.3 Å². The number of hydrogen-bond acceptors (Lipinski definition) is 4. The fourth-order valence-electron chi connectivity index (χ4n) is 3.14. The van der Waals surface area contributed by atoms with Crippen molar-refractivity contribution in [2.45, 2.75) is 38.7 Å². The van der Waals surface area contributed by atoms with Gasteiger partial charge in [0.2, 0.25) is 0 Å². The van der Waals surface area contributed by atoms with Crippen molar-refractivity contribution in [2.75, 3.05) is 19.7 Å². The number of thiazole rings is 1. The molecule has 0 spiro atoms. The highest BCUT2D eigenvalue weighted by molar-refractivity contribution is 7.10. The predicted molar refractivity (Wildman–Crippen MR) is 97.2 cm³/mol. The third-order valence-electron chi connectivity index (χ3n) is 4.51. The summed E-state index contributed by atoms with van der Waals surface area (Å²) in [5.41, 5.74) is 2.22. The zero-order valence-electron chi connectivity index (χ0n) is 14.3. The number of nitrogens with zero attached hydrogens (tertiary/aromatic N) is 2. The third kappa shape index (κ3) is 3.84. The van der Waals surface area contributed by atoms with Gasteiger partial charge in [0.25, 0.3) is 5.91 Å². The van der Waals surface area contributed by atoms with Gasteiger partial charge < -0.3 is 9.64 Å². The Morgan fingerprint density at radius 2 is 2.04 bits per heavy atom. The minimum atomic E-state index is -0.337. The number of carbonyl (C=O) groups is 1. The molecule has 1 amide bonds. The number of rotatable bonds is 5. The van der Waals surface area contributed by atoms with E-state index in [1.54, 1.807) is 11.3 Å². The molecule has 1 aliphatic heterocycles. The van der Waals surface area contributed by atoms with Crippen molar-refractivity contribution in [1.29, 1.82) is 0 Å². The zero-order chi connectivity index (χ0) is 16.9. The van der Waals surface area contributed by atoms with Crippen LogP contribution in [-0.2, 0) is 9.53 Å². The van der Waals surface area contributed by atoms with Crippen molar-refractivity contribution in [1.82, 2.24) is 9.88 Å². The molecular weight excluding hydrogens is 320 g/mol. The van der Waals surface area contributed by atoms with Crippen molar-refractivity contribution in [3.63, 3.8) is 0 Å². The lowest BCUT2D eigenvalue weighted by Gasteiger charge is -2.32. The summed E-state index contributed by atoms with van der Waals surface area (Å²) in [5, 5.41) is 3.33. The number of likely N-dealkylation sites (tertiary alicyclic amines) is 1. The average Bonchev–Trinajstić information content (AvgIpc) is 3.12. The van der Waals surface area contributed by atoms with E-state index >= 15 is 0 Å². The van der Waals surface area contributed by atoms with E-state index in [1.165, 1.54) is 5.01 Å². The molecule has 1 saturated heterocycles. The van der Waals surface area contributed by atoms with Crippen LogP contribution in [0.3, 0.4) is 0 Å². The highest BCUT2D eigenvalue weighted by atomic mass is 32.1. The molecule has 1 aromatic carbocycles. The molecular formula is C19H24N2O2S. The van der Waals surface area contributed by atoms with Gasteiger partial charge in [-0.25, -0.2) is 4.98 Å². The first-order valence-electron chi connectivity index (χ1n) is 8.60. The van der Waals surface area contributed by atoms with Crippen LogP contribution in [-0.4, -0.2) is 41.6 Å². The van der Waals surface area contributed by atoms with E-state index in [4.69, 9.17) is 9.72 Å². The molecule has 5 heteroatoms. The maximum absolute atomic E-state index is 12.3. The van der Waals surface area contributed by atoms with E-state index in [2.05, 4.69) is 17.5 Å². The molecule has 1 atom stereocenters. The first-order chi connectivity index (χ1) is 11.7. The molecule has 0 aliphatic carbocycles. The van der Waals surface area contributed by atoms with Crippen molar-refractivity contribution in [3.8, 4) is 11.3 Å². The lowest BCUT2D eigenvalue weighted by atomic mass is 9.97. The Morgan fingerprint density at radius 3 is 2.71 bits per heavy atom. The second-order valence-electron chi connectivity index (χ2n) is 6.13. The SMILES string of the molecule is CCOC(C)C(=O)N1CCC(c2nc(-c3ccccc3)cs2)CC1. The number of aromatic nitrogens is 1. The van der Waals surface area contributed by atoms with Crippen molar-refractivity contribution in [2.24, 2.45) is 0 Å². The first kappa shape index (κ1) is 17.1. The van der Waals surface area contributed by atoms with Gasteiger partial charge in [-0.05, 0) is 26.7 Å². The number of benzene rings is 1. The molecule has 1 aromatic heterocycles. The van der Waals surface area contributed by atoms with Crippen LogP contribution < -0.4 is 0 Å². The molecule has 4 nitrogen and oxygen atoms in total. The van der Waals surface area contributed by atoms with E-state index in [-0.39, 0.29) is 12.0 Å². The summed E-state index contributed by atoms with van der Waals surface area (Å²) in [5.74, 6) is 0.568. The van der Waals surface area contributed by atoms with Crippen LogP contribution in [0.25, 0.3) is 11.3 Å². The smallest absolute Gasteiger partial charge is 0.251 e. The monoisotopic (exact) mass is 344 g/mol. The van der Waals surface area contributed by atoms with Crippen LogP contribution in [0.5, 0.6) is 0 Å². The van der Waals surface area contributed by atoms with Crippen molar-refractivity contribution >= 4 is 17.2 Å². The molecule has 1 aliphatic rings. The molecule has 0 bridgehead atoms. The first-order valence-corrected chi connectivity index (χ1v) is 9.48. The normalized spacial score (nSPS) is 17.0. The summed E-state index contributed by atoms with van der Waals surface area (Å²) in [6.45, 7) is 5.92. The molecule has 0 N–H and O–H groups in total. The largest absolute Gasteiger partial charge is 0.369 e. The number of hydrogen-bond donors (Lipinski definition) is 0. The van der Waals surface area contributed by atoms with E-state index in [9.17, 15) is 4.79 Å². The van der Waals surface area contributed by atoms with Crippen LogP contribution in [0.2, 0.25) is 0 Å². The molecule has 1 unspecified atom stereocenters. The number of carbonyl (C=O) groups excluding carboxylic acids is 1. The Hall–Kier alpha value is -1.72. The number of amides is 1. The topological polar surface area (TPSA) is 42.4 Å². The average molecular weight is 344 g/mol. The molecule has 0 radical (unpaired) electrons. The summed E-state index contributed by atoms with van der Waals surface area (Å²) < 4.78 is 5.42. The van der Waals surface area contributed by atoms with Gasteiger partial charge in [0.1, 0.15) is 6.10 Å². The quantitative estimate of drug-likeness (QED) is 0.825. The van der Waals surface area contributed by atoms with Gasteiger partial charge in [0.15, 0.2) is 0 Å². The molecule has 2 heterocycles. The van der Waals surface area contributed by atoms with Crippen LogP contribution in [0.4, 0.5) is 0 Å². The van der Waals surface area contributed by atoms with Gasteiger partial charge in [-0.3, -0.25) is 4.79 Å². The fraction of sp³-hybridized carbons (Fsp3) is 0.474. The summed E-state index contributed by atoms with van der Waals surface area (Å²) in [6.07, 6.45) is 1.62. The maximum atomic E-state index is 12.3. The van der Waals surface area contributed by atoms with E-state index < -0.39 is 0 Å². The van der Waals surface area contributed by atoms with Gasteiger partial charge in [0, 0.05) is 36.6 Å². The van der Waals surface area contributed by atoms with Crippen LogP contribution in [0.1, 0.15) is 37.6 Å². The Bertz CT molecular complexity index is 663. The van der Waals surface area contributed by atoms with Gasteiger partial charge in [-0.15, -0.1) is 11.3 Å². The Morgan fingerprint density at radius 1 is 1.33 bits per heavy atom. The van der Waals surface area contributed by atoms with E-state index in [0.29, 0.717) is 12.5 Å². The van der Waals surface area contributed by atoms with E-state index in [0.717, 1.165) is 37.2 Å². The second-order valence-corrected chi connectivity index (χ2v) is 7.02. The van der Waals surface area contributed by atoms with Gasteiger partial charge in [-0.1, -0.05) is 30.3 Å². The Labute approximate surface area is 147 Å². The summed E-state index contributed by atoms with van der Waals surface area (Å²) >= 11 is 1.74. The highest BCUT2D eigenvalue weighted by Gasteiger charge is 2.28. The van der Waals surface area contributed by atoms with Crippen LogP contribution in [0.15, 0.2) is 35.7 Å². The zero-order valence-corrected chi connectivity index (χ0v) is 15.1. The maximum Gasteiger partial charge on any atom is 0.251 e. The van der Waals surface area contributed by atoms with Crippen LogP contribution in [0, 0.1) is 0 Å². The standard InChI is InChI=1S/C19H24N2O2S/c1-3-23-14(2)19(22)21-11-9-16(10-12-21)18-20-17(13-24-18)15-7-5-4-6-8-15/h4-8,13-14,16H,3,9-12H2,1-2H3. The molecule has 0 saturated carbocycles. The summed E-state index contributed by atoms with van der Waals surface area (Å²) in [4.78, 5) is 19.1. The highest BCUT2D eigenvalue weighted by Crippen LogP contribution is 2.33.